The van der Waals surface area contributed by atoms with Crippen LogP contribution >= 0.6 is 0 Å². The number of carbonyl (C=O) groups is 1. The molecule has 24 heavy (non-hydrogen) atoms. The van der Waals surface area contributed by atoms with E-state index in [2.05, 4.69) is 25.4 Å². The molecule has 8 nitrogen and oxygen atoms in total. The van der Waals surface area contributed by atoms with Gasteiger partial charge in [0.2, 0.25) is 0 Å². The van der Waals surface area contributed by atoms with Gasteiger partial charge in [0.05, 0.1) is 11.0 Å². The molecule has 0 atom stereocenters. The van der Waals surface area contributed by atoms with Crippen LogP contribution in [-0.2, 0) is 0 Å². The van der Waals surface area contributed by atoms with Crippen molar-refractivity contribution in [2.75, 3.05) is 5.32 Å². The number of aromatic nitrogens is 4. The Balaban J connectivity index is 1.57. The number of nitrogens with zero attached hydrogens (tertiary/aromatic N) is 2. The third-order valence-electron chi connectivity index (χ3n) is 3.46. The molecule has 0 radical (unpaired) electrons. The summed E-state index contributed by atoms with van der Waals surface area (Å²) in [4.78, 5) is 32.8. The van der Waals surface area contributed by atoms with Crippen molar-refractivity contribution < 1.29 is 9.32 Å². The zero-order chi connectivity index (χ0) is 16.5. The number of carbonyl (C=O) groups excluding carboxylic acids is 1. The van der Waals surface area contributed by atoms with E-state index < -0.39 is 5.91 Å². The first-order valence-electron chi connectivity index (χ1n) is 7.09. The van der Waals surface area contributed by atoms with Gasteiger partial charge in [-0.15, -0.1) is 0 Å². The second-order valence-electron chi connectivity index (χ2n) is 5.11. The summed E-state index contributed by atoms with van der Waals surface area (Å²) in [5.74, 6) is 0.0461. The number of fused-ring (bicyclic) bond motifs is 1. The Kier molecular flexibility index (Phi) is 3.20. The van der Waals surface area contributed by atoms with Gasteiger partial charge < -0.3 is 19.8 Å². The van der Waals surface area contributed by atoms with E-state index in [1.54, 1.807) is 42.7 Å². The average Bonchev–Trinajstić information content (AvgIpc) is 3.21. The van der Waals surface area contributed by atoms with Crippen LogP contribution in [0.3, 0.4) is 0 Å². The molecule has 3 aromatic heterocycles. The number of rotatable bonds is 3. The number of hydrogen-bond acceptors (Lipinski definition) is 5. The minimum absolute atomic E-state index is 0.150. The monoisotopic (exact) mass is 321 g/mol. The van der Waals surface area contributed by atoms with E-state index >= 15 is 0 Å². The quantitative estimate of drug-likeness (QED) is 0.534. The Morgan fingerprint density at radius 1 is 1.12 bits per heavy atom. The molecular weight excluding hydrogens is 310 g/mol. The van der Waals surface area contributed by atoms with Crippen LogP contribution < -0.4 is 11.0 Å². The molecule has 1 amide bonds. The van der Waals surface area contributed by atoms with Crippen molar-refractivity contribution in [3.63, 3.8) is 0 Å². The van der Waals surface area contributed by atoms with Crippen LogP contribution in [0.2, 0.25) is 0 Å². The number of anilines is 1. The van der Waals surface area contributed by atoms with Crippen molar-refractivity contribution in [1.82, 2.24) is 20.1 Å². The molecular formula is C16H11N5O3. The number of amides is 1. The molecule has 0 saturated heterocycles. The van der Waals surface area contributed by atoms with Gasteiger partial charge in [-0.25, -0.2) is 4.79 Å². The molecule has 1 aromatic carbocycles. The molecule has 8 heteroatoms. The number of pyridine rings is 1. The predicted octanol–water partition coefficient (Wildman–Crippen LogP) is 2.16. The normalized spacial score (nSPS) is 10.8. The molecule has 0 aliphatic carbocycles. The highest BCUT2D eigenvalue weighted by Gasteiger charge is 2.14. The number of H-pyrrole nitrogens is 2. The summed E-state index contributed by atoms with van der Waals surface area (Å²) >= 11 is 0. The highest BCUT2D eigenvalue weighted by Crippen LogP contribution is 2.20. The first-order valence-corrected chi connectivity index (χ1v) is 7.09. The molecule has 118 valence electrons. The summed E-state index contributed by atoms with van der Waals surface area (Å²) in [6.45, 7) is 0. The predicted molar refractivity (Wildman–Crippen MR) is 86.6 cm³/mol. The Morgan fingerprint density at radius 3 is 2.83 bits per heavy atom. The minimum Gasteiger partial charge on any atom is -0.355 e. The standard InChI is InChI=1S/C16H11N5O3/c22-15(13-7-14(24-21-13)9-2-1-5-17-8-9)18-10-3-4-11-12(6-10)20-16(23)19-11/h1-8H,(H,18,22)(H2,19,20,23). The molecule has 0 unspecified atom stereocenters. The number of imidazole rings is 1. The Bertz CT molecular complexity index is 1080. The number of nitrogens with one attached hydrogen (secondary N) is 3. The van der Waals surface area contributed by atoms with Gasteiger partial charge in [-0.3, -0.25) is 9.78 Å². The lowest BCUT2D eigenvalue weighted by Gasteiger charge is -2.02. The second-order valence-corrected chi connectivity index (χ2v) is 5.11. The van der Waals surface area contributed by atoms with Gasteiger partial charge >= 0.3 is 5.69 Å². The lowest BCUT2D eigenvalue weighted by Crippen LogP contribution is -2.12. The largest absolute Gasteiger partial charge is 0.355 e. The van der Waals surface area contributed by atoms with E-state index in [4.69, 9.17) is 4.52 Å². The van der Waals surface area contributed by atoms with E-state index in [1.165, 1.54) is 0 Å². The van der Waals surface area contributed by atoms with Gasteiger partial charge in [-0.1, -0.05) is 5.16 Å². The van der Waals surface area contributed by atoms with Crippen molar-refractivity contribution in [1.29, 1.82) is 0 Å². The summed E-state index contributed by atoms with van der Waals surface area (Å²) in [6, 6.07) is 10.2. The highest BCUT2D eigenvalue weighted by atomic mass is 16.5. The van der Waals surface area contributed by atoms with Crippen LogP contribution in [0.25, 0.3) is 22.4 Å². The van der Waals surface area contributed by atoms with Crippen LogP contribution in [-0.4, -0.2) is 26.0 Å². The van der Waals surface area contributed by atoms with Gasteiger partial charge in [-0.2, -0.15) is 0 Å². The molecule has 0 aliphatic heterocycles. The fourth-order valence-electron chi connectivity index (χ4n) is 2.33. The Hall–Kier alpha value is -3.68. The van der Waals surface area contributed by atoms with E-state index in [-0.39, 0.29) is 11.4 Å². The first kappa shape index (κ1) is 13.9. The molecule has 0 aliphatic rings. The summed E-state index contributed by atoms with van der Waals surface area (Å²) in [5.41, 5.74) is 2.39. The topological polar surface area (TPSA) is 117 Å². The van der Waals surface area contributed by atoms with E-state index in [0.29, 0.717) is 22.5 Å². The third kappa shape index (κ3) is 2.56. The maximum Gasteiger partial charge on any atom is 0.323 e. The zero-order valence-electron chi connectivity index (χ0n) is 12.2. The molecule has 3 N–H and O–H groups in total. The molecule has 3 heterocycles. The van der Waals surface area contributed by atoms with E-state index in [1.807, 2.05) is 6.07 Å². The van der Waals surface area contributed by atoms with Crippen molar-refractivity contribution in [3.05, 3.63) is 65.0 Å². The summed E-state index contributed by atoms with van der Waals surface area (Å²) in [5, 5.41) is 6.49. The second kappa shape index (κ2) is 5.51. The van der Waals surface area contributed by atoms with Crippen molar-refractivity contribution in [3.8, 4) is 11.3 Å². The van der Waals surface area contributed by atoms with Gasteiger partial charge in [0.25, 0.3) is 5.91 Å². The van der Waals surface area contributed by atoms with Crippen LogP contribution in [0, 0.1) is 0 Å². The van der Waals surface area contributed by atoms with Crippen LogP contribution in [0.15, 0.2) is 58.1 Å². The van der Waals surface area contributed by atoms with Gasteiger partial charge in [-0.05, 0) is 30.3 Å². The smallest absolute Gasteiger partial charge is 0.323 e. The minimum atomic E-state index is -0.411. The van der Waals surface area contributed by atoms with Gasteiger partial charge in [0.1, 0.15) is 0 Å². The van der Waals surface area contributed by atoms with Crippen LogP contribution in [0.4, 0.5) is 5.69 Å². The molecule has 0 saturated carbocycles. The first-order chi connectivity index (χ1) is 11.7. The SMILES string of the molecule is O=C(Nc1ccc2[nH]c(=O)[nH]c2c1)c1cc(-c2cccnc2)on1. The van der Waals surface area contributed by atoms with Crippen molar-refractivity contribution in [2.24, 2.45) is 0 Å². The molecule has 4 aromatic rings. The summed E-state index contributed by atoms with van der Waals surface area (Å²) < 4.78 is 5.18. The van der Waals surface area contributed by atoms with Crippen LogP contribution in [0.1, 0.15) is 10.5 Å². The lowest BCUT2D eigenvalue weighted by atomic mass is 10.2. The Labute approximate surface area is 134 Å². The molecule has 0 fully saturated rings. The number of aromatic amines is 2. The fourth-order valence-corrected chi connectivity index (χ4v) is 2.33. The number of benzene rings is 1. The van der Waals surface area contributed by atoms with Gasteiger partial charge in [0.15, 0.2) is 11.5 Å². The fraction of sp³-hybridized carbons (Fsp3) is 0. The molecule has 0 bridgehead atoms. The van der Waals surface area contributed by atoms with Crippen molar-refractivity contribution in [2.45, 2.75) is 0 Å². The number of hydrogen-bond donors (Lipinski definition) is 3. The summed E-state index contributed by atoms with van der Waals surface area (Å²) in [7, 11) is 0. The maximum atomic E-state index is 12.3. The van der Waals surface area contributed by atoms with Crippen LogP contribution in [0.5, 0.6) is 0 Å². The zero-order valence-corrected chi connectivity index (χ0v) is 12.2. The highest BCUT2D eigenvalue weighted by molar-refractivity contribution is 6.04. The molecule has 4 rings (SSSR count). The van der Waals surface area contributed by atoms with E-state index in [0.717, 1.165) is 5.56 Å². The average molecular weight is 321 g/mol. The maximum absolute atomic E-state index is 12.3. The molecule has 0 spiro atoms. The lowest BCUT2D eigenvalue weighted by molar-refractivity contribution is 0.101. The van der Waals surface area contributed by atoms with E-state index in [9.17, 15) is 9.59 Å². The Morgan fingerprint density at radius 2 is 2.00 bits per heavy atom. The van der Waals surface area contributed by atoms with Gasteiger partial charge in [0, 0.05) is 29.7 Å². The summed E-state index contributed by atoms with van der Waals surface area (Å²) in [6.07, 6.45) is 3.27. The van der Waals surface area contributed by atoms with Crippen molar-refractivity contribution >= 4 is 22.6 Å². The third-order valence-corrected chi connectivity index (χ3v) is 3.46.